The van der Waals surface area contributed by atoms with Gasteiger partial charge in [0.2, 0.25) is 11.9 Å². The van der Waals surface area contributed by atoms with Crippen LogP contribution >= 0.6 is 11.5 Å². The van der Waals surface area contributed by atoms with Crippen LogP contribution in [-0.2, 0) is 9.53 Å². The lowest BCUT2D eigenvalue weighted by atomic mass is 9.81. The van der Waals surface area contributed by atoms with Crippen LogP contribution in [0, 0.1) is 25.2 Å². The number of nitrogens with zero attached hydrogens (tertiary/aromatic N) is 5. The first kappa shape index (κ1) is 27.0. The summed E-state index contributed by atoms with van der Waals surface area (Å²) >= 11 is 1.33. The molecule has 2 aromatic heterocycles. The molecule has 10 nitrogen and oxygen atoms in total. The number of hydrogen-bond donors (Lipinski definition) is 2. The van der Waals surface area contributed by atoms with E-state index in [1.54, 1.807) is 27.0 Å². The molecule has 0 aliphatic carbocycles. The quantitative estimate of drug-likeness (QED) is 0.573. The fraction of sp³-hybridized carbons (Fsp3) is 0.625. The number of rotatable bonds is 6. The number of amides is 2. The van der Waals surface area contributed by atoms with Gasteiger partial charge >= 0.3 is 6.09 Å². The first-order valence-electron chi connectivity index (χ1n) is 12.1. The van der Waals surface area contributed by atoms with Crippen molar-refractivity contribution in [2.75, 3.05) is 42.9 Å². The molecule has 2 aliphatic rings. The van der Waals surface area contributed by atoms with Gasteiger partial charge in [0.1, 0.15) is 22.3 Å². The highest BCUT2D eigenvalue weighted by molar-refractivity contribution is 7.10. The second kappa shape index (κ2) is 9.66. The lowest BCUT2D eigenvalue weighted by Gasteiger charge is -2.49. The van der Waals surface area contributed by atoms with Gasteiger partial charge in [-0.15, -0.1) is 0 Å². The molecule has 2 aromatic rings. The number of anilines is 3. The largest absolute Gasteiger partial charge is 0.444 e. The van der Waals surface area contributed by atoms with Crippen LogP contribution in [0.25, 0.3) is 0 Å². The highest BCUT2D eigenvalue weighted by Crippen LogP contribution is 2.37. The van der Waals surface area contributed by atoms with E-state index in [-0.39, 0.29) is 18.5 Å². The van der Waals surface area contributed by atoms with Crippen molar-refractivity contribution in [1.29, 1.82) is 0 Å². The van der Waals surface area contributed by atoms with Crippen molar-refractivity contribution < 1.29 is 23.1 Å². The third kappa shape index (κ3) is 6.25. The SMILES string of the molecule is Cc1cc(Nc2ncc(C)c(N3CC(C)(CNC(=O)C4CN(C(=O)OC(C)(C)C)CC4(F)F)C3)n2)sn1. The molecule has 0 spiro atoms. The summed E-state index contributed by atoms with van der Waals surface area (Å²) in [6, 6.07) is 1.91. The summed E-state index contributed by atoms with van der Waals surface area (Å²) in [5.41, 5.74) is 0.697. The Morgan fingerprint density at radius 3 is 2.57 bits per heavy atom. The standard InChI is InChI=1S/C24H33F2N7O3S/c1-14-8-27-20(29-17-7-15(2)31-37-17)30-18(14)33-11-23(6,12-33)10-28-19(34)16-9-32(13-24(16,25)26)21(35)36-22(3,4)5/h7-8,16H,9-13H2,1-6H3,(H,28,34)(H,27,29,30). The van der Waals surface area contributed by atoms with Gasteiger partial charge in [-0.1, -0.05) is 6.92 Å². The van der Waals surface area contributed by atoms with Crippen LogP contribution < -0.4 is 15.5 Å². The Bertz CT molecular complexity index is 1180. The van der Waals surface area contributed by atoms with E-state index in [0.29, 0.717) is 19.0 Å². The molecule has 0 aromatic carbocycles. The molecule has 0 radical (unpaired) electrons. The molecular formula is C24H33F2N7O3S. The minimum Gasteiger partial charge on any atom is -0.444 e. The molecule has 2 amide bonds. The zero-order valence-electron chi connectivity index (χ0n) is 21.9. The van der Waals surface area contributed by atoms with E-state index in [4.69, 9.17) is 4.74 Å². The average molecular weight is 538 g/mol. The average Bonchev–Trinajstić information content (AvgIpc) is 3.32. The van der Waals surface area contributed by atoms with Crippen LogP contribution in [-0.4, -0.2) is 75.5 Å². The van der Waals surface area contributed by atoms with Gasteiger partial charge in [0, 0.05) is 43.4 Å². The summed E-state index contributed by atoms with van der Waals surface area (Å²) in [5, 5.41) is 6.69. The number of aryl methyl sites for hydroxylation is 2. The van der Waals surface area contributed by atoms with Gasteiger partial charge in [0.15, 0.2) is 0 Å². The van der Waals surface area contributed by atoms with Crippen molar-refractivity contribution in [3.8, 4) is 0 Å². The molecule has 4 heterocycles. The number of alkyl halides is 2. The molecule has 2 saturated heterocycles. The summed E-state index contributed by atoms with van der Waals surface area (Å²) in [6.07, 6.45) is 0.901. The molecule has 2 N–H and O–H groups in total. The van der Waals surface area contributed by atoms with Crippen LogP contribution in [0.15, 0.2) is 12.3 Å². The topological polar surface area (TPSA) is 113 Å². The van der Waals surface area contributed by atoms with Crippen molar-refractivity contribution in [3.05, 3.63) is 23.5 Å². The second-order valence-electron chi connectivity index (χ2n) is 11.2. The zero-order chi connectivity index (χ0) is 27.2. The Balaban J connectivity index is 1.32. The minimum atomic E-state index is -3.33. The van der Waals surface area contributed by atoms with Crippen molar-refractivity contribution in [2.24, 2.45) is 11.3 Å². The maximum Gasteiger partial charge on any atom is 0.410 e. The predicted octanol–water partition coefficient (Wildman–Crippen LogP) is 3.74. The third-order valence-corrected chi connectivity index (χ3v) is 7.02. The van der Waals surface area contributed by atoms with E-state index in [9.17, 15) is 18.4 Å². The zero-order valence-corrected chi connectivity index (χ0v) is 22.7. The van der Waals surface area contributed by atoms with E-state index in [1.165, 1.54) is 11.5 Å². The molecule has 1 atom stereocenters. The lowest BCUT2D eigenvalue weighted by molar-refractivity contribution is -0.134. The minimum absolute atomic E-state index is 0.233. The molecule has 37 heavy (non-hydrogen) atoms. The maximum absolute atomic E-state index is 14.6. The molecule has 2 fully saturated rings. The lowest BCUT2D eigenvalue weighted by Crippen LogP contribution is -2.60. The van der Waals surface area contributed by atoms with Crippen molar-refractivity contribution in [1.82, 2.24) is 24.6 Å². The van der Waals surface area contributed by atoms with Crippen LogP contribution in [0.4, 0.5) is 30.3 Å². The first-order chi connectivity index (χ1) is 17.1. The number of aromatic nitrogens is 3. The van der Waals surface area contributed by atoms with E-state index in [1.807, 2.05) is 26.8 Å². The summed E-state index contributed by atoms with van der Waals surface area (Å²) in [5.74, 6) is -4.47. The fourth-order valence-electron chi connectivity index (χ4n) is 4.43. The number of likely N-dealkylation sites (tertiary alicyclic amines) is 1. The Morgan fingerprint density at radius 2 is 1.95 bits per heavy atom. The number of hydrogen-bond acceptors (Lipinski definition) is 9. The predicted molar refractivity (Wildman–Crippen MR) is 136 cm³/mol. The van der Waals surface area contributed by atoms with Gasteiger partial charge in [-0.05, 0) is 52.2 Å². The highest BCUT2D eigenvalue weighted by atomic mass is 32.1. The first-order valence-corrected chi connectivity index (χ1v) is 12.8. The van der Waals surface area contributed by atoms with Gasteiger partial charge in [-0.25, -0.2) is 18.6 Å². The summed E-state index contributed by atoms with van der Waals surface area (Å²) in [7, 11) is 0. The summed E-state index contributed by atoms with van der Waals surface area (Å²) < 4.78 is 38.6. The highest BCUT2D eigenvalue weighted by Gasteiger charge is 2.54. The van der Waals surface area contributed by atoms with E-state index < -0.39 is 36.0 Å². The number of nitrogens with one attached hydrogen (secondary N) is 2. The molecule has 0 bridgehead atoms. The molecule has 0 saturated carbocycles. The molecule has 202 valence electrons. The molecule has 2 aliphatic heterocycles. The smallest absolute Gasteiger partial charge is 0.410 e. The summed E-state index contributed by atoms with van der Waals surface area (Å²) in [6.45, 7) is 11.0. The van der Waals surface area contributed by atoms with Crippen molar-refractivity contribution in [2.45, 2.75) is 53.1 Å². The molecule has 4 rings (SSSR count). The van der Waals surface area contributed by atoms with Gasteiger partial charge in [0.25, 0.3) is 5.92 Å². The van der Waals surface area contributed by atoms with E-state index in [2.05, 4.69) is 29.9 Å². The fourth-order valence-corrected chi connectivity index (χ4v) is 5.09. The van der Waals surface area contributed by atoms with Gasteiger partial charge in [0.05, 0.1) is 12.2 Å². The van der Waals surface area contributed by atoms with Crippen molar-refractivity contribution >= 4 is 40.3 Å². The third-order valence-electron chi connectivity index (χ3n) is 6.22. The van der Waals surface area contributed by atoms with Gasteiger partial charge in [-0.2, -0.15) is 9.36 Å². The number of carbonyl (C=O) groups excluding carboxylic acids is 2. The number of ether oxygens (including phenoxy) is 1. The number of halogens is 2. The van der Waals surface area contributed by atoms with Crippen LogP contribution in [0.1, 0.15) is 39.0 Å². The van der Waals surface area contributed by atoms with E-state index in [0.717, 1.165) is 27.0 Å². The van der Waals surface area contributed by atoms with Gasteiger partial charge < -0.3 is 25.2 Å². The normalized spacial score (nSPS) is 20.4. The van der Waals surface area contributed by atoms with Crippen LogP contribution in [0.3, 0.4) is 0 Å². The Hall–Kier alpha value is -3.09. The maximum atomic E-state index is 14.6. The Labute approximate surface area is 219 Å². The van der Waals surface area contributed by atoms with Crippen LogP contribution in [0.5, 0.6) is 0 Å². The van der Waals surface area contributed by atoms with Crippen LogP contribution in [0.2, 0.25) is 0 Å². The monoisotopic (exact) mass is 537 g/mol. The second-order valence-corrected chi connectivity index (χ2v) is 12.0. The number of carbonyl (C=O) groups is 2. The molecule has 13 heteroatoms. The summed E-state index contributed by atoms with van der Waals surface area (Å²) in [4.78, 5) is 36.9. The van der Waals surface area contributed by atoms with Gasteiger partial charge in [-0.3, -0.25) is 4.79 Å². The van der Waals surface area contributed by atoms with Crippen molar-refractivity contribution in [3.63, 3.8) is 0 Å². The molecular weight excluding hydrogens is 504 g/mol. The Kier molecular flexibility index (Phi) is 7.04. The Morgan fingerprint density at radius 1 is 1.24 bits per heavy atom. The molecule has 1 unspecified atom stereocenters. The van der Waals surface area contributed by atoms with E-state index >= 15 is 0 Å².